The lowest BCUT2D eigenvalue weighted by Gasteiger charge is -2.20. The van der Waals surface area contributed by atoms with Crippen LogP contribution in [0.25, 0.3) is 0 Å². The molecule has 0 spiro atoms. The fourth-order valence-electron chi connectivity index (χ4n) is 3.23. The van der Waals surface area contributed by atoms with E-state index in [1.165, 1.54) is 21.7 Å². The van der Waals surface area contributed by atoms with Gasteiger partial charge >= 0.3 is 5.97 Å². The van der Waals surface area contributed by atoms with Crippen molar-refractivity contribution < 1.29 is 18.3 Å². The van der Waals surface area contributed by atoms with Crippen molar-refractivity contribution in [3.05, 3.63) is 71.3 Å². The van der Waals surface area contributed by atoms with Crippen molar-refractivity contribution in [1.82, 2.24) is 4.31 Å². The first-order valence-electron chi connectivity index (χ1n) is 10.1. The zero-order valence-electron chi connectivity index (χ0n) is 17.1. The van der Waals surface area contributed by atoms with Crippen LogP contribution in [0.15, 0.2) is 54.6 Å². The molecule has 0 radical (unpaired) electrons. The van der Waals surface area contributed by atoms with Crippen LogP contribution in [0, 0.1) is 0 Å². The number of sulfonamides is 1. The summed E-state index contributed by atoms with van der Waals surface area (Å²) >= 11 is 0. The molecule has 0 saturated heterocycles. The first-order valence-corrected chi connectivity index (χ1v) is 12.0. The highest BCUT2D eigenvalue weighted by atomic mass is 32.2. The SMILES string of the molecule is CS(=O)(=O)N(CCCCCCC(=O)O)Cc1ccc(CCc2ccccc2)cc1. The van der Waals surface area contributed by atoms with E-state index in [-0.39, 0.29) is 6.42 Å². The Bertz CT molecular complexity index is 848. The van der Waals surface area contributed by atoms with Crippen molar-refractivity contribution >= 4 is 16.0 Å². The Balaban J connectivity index is 1.82. The van der Waals surface area contributed by atoms with Gasteiger partial charge in [-0.2, -0.15) is 4.31 Å². The van der Waals surface area contributed by atoms with Crippen molar-refractivity contribution in [3.63, 3.8) is 0 Å². The Hall–Kier alpha value is -2.18. The molecule has 2 aromatic rings. The Morgan fingerprint density at radius 3 is 1.97 bits per heavy atom. The van der Waals surface area contributed by atoms with Gasteiger partial charge in [-0.25, -0.2) is 8.42 Å². The summed E-state index contributed by atoms with van der Waals surface area (Å²) in [7, 11) is -3.29. The smallest absolute Gasteiger partial charge is 0.303 e. The summed E-state index contributed by atoms with van der Waals surface area (Å²) in [5.74, 6) is -0.782. The minimum Gasteiger partial charge on any atom is -0.481 e. The molecule has 29 heavy (non-hydrogen) atoms. The van der Waals surface area contributed by atoms with Crippen LogP contribution < -0.4 is 0 Å². The van der Waals surface area contributed by atoms with Crippen LogP contribution in [0.3, 0.4) is 0 Å². The minimum atomic E-state index is -3.29. The Kier molecular flexibility index (Phi) is 9.35. The van der Waals surface area contributed by atoms with E-state index < -0.39 is 16.0 Å². The lowest BCUT2D eigenvalue weighted by atomic mass is 10.0. The summed E-state index contributed by atoms with van der Waals surface area (Å²) in [5, 5.41) is 8.65. The maximum Gasteiger partial charge on any atom is 0.303 e. The maximum absolute atomic E-state index is 12.1. The number of unbranched alkanes of at least 4 members (excludes halogenated alkanes) is 3. The Morgan fingerprint density at radius 2 is 1.38 bits per heavy atom. The molecule has 0 unspecified atom stereocenters. The highest BCUT2D eigenvalue weighted by molar-refractivity contribution is 7.88. The summed E-state index contributed by atoms with van der Waals surface area (Å²) in [6, 6.07) is 18.5. The molecule has 2 rings (SSSR count). The average Bonchev–Trinajstić information content (AvgIpc) is 2.69. The molecule has 0 heterocycles. The number of nitrogens with zero attached hydrogens (tertiary/aromatic N) is 1. The molecule has 0 aliphatic rings. The first kappa shape index (κ1) is 23.1. The number of hydrogen-bond acceptors (Lipinski definition) is 3. The molecule has 2 aromatic carbocycles. The molecule has 0 bridgehead atoms. The second kappa shape index (κ2) is 11.7. The Labute approximate surface area is 174 Å². The van der Waals surface area contributed by atoms with Gasteiger partial charge < -0.3 is 5.11 Å². The third kappa shape index (κ3) is 9.24. The number of rotatable bonds is 13. The molecule has 158 valence electrons. The predicted molar refractivity (Wildman–Crippen MR) is 116 cm³/mol. The molecular weight excluding hydrogens is 386 g/mol. The molecule has 0 aromatic heterocycles. The largest absolute Gasteiger partial charge is 0.481 e. The van der Waals surface area contributed by atoms with Gasteiger partial charge in [-0.05, 0) is 42.4 Å². The van der Waals surface area contributed by atoms with E-state index in [1.54, 1.807) is 0 Å². The molecule has 6 heteroatoms. The van der Waals surface area contributed by atoms with E-state index in [2.05, 4.69) is 24.3 Å². The molecule has 0 fully saturated rings. The monoisotopic (exact) mass is 417 g/mol. The van der Waals surface area contributed by atoms with E-state index in [0.717, 1.165) is 37.7 Å². The number of aryl methyl sites for hydroxylation is 2. The average molecular weight is 418 g/mol. The van der Waals surface area contributed by atoms with Crippen molar-refractivity contribution in [2.24, 2.45) is 0 Å². The second-order valence-corrected chi connectivity index (χ2v) is 9.44. The summed E-state index contributed by atoms with van der Waals surface area (Å²) in [6.45, 7) is 0.828. The summed E-state index contributed by atoms with van der Waals surface area (Å²) in [5.41, 5.74) is 3.52. The highest BCUT2D eigenvalue weighted by Gasteiger charge is 2.16. The minimum absolute atomic E-state index is 0.173. The van der Waals surface area contributed by atoms with Gasteiger partial charge in [-0.1, -0.05) is 67.4 Å². The summed E-state index contributed by atoms with van der Waals surface area (Å²) < 4.78 is 25.7. The summed E-state index contributed by atoms with van der Waals surface area (Å²) in [6.07, 6.45) is 6.37. The number of carbonyl (C=O) groups is 1. The van der Waals surface area contributed by atoms with E-state index in [9.17, 15) is 13.2 Å². The van der Waals surface area contributed by atoms with Crippen molar-refractivity contribution in [2.75, 3.05) is 12.8 Å². The molecule has 0 aliphatic heterocycles. The number of aliphatic carboxylic acids is 1. The van der Waals surface area contributed by atoms with Crippen LogP contribution in [-0.2, 0) is 34.2 Å². The molecular formula is C23H31NO4S. The quantitative estimate of drug-likeness (QED) is 0.494. The van der Waals surface area contributed by atoms with Gasteiger partial charge in [-0.3, -0.25) is 4.79 Å². The zero-order valence-corrected chi connectivity index (χ0v) is 17.9. The molecule has 0 saturated carbocycles. The first-order chi connectivity index (χ1) is 13.8. The standard InChI is InChI=1S/C23H31NO4S/c1-29(27,28)24(18-8-3-2-7-11-23(25)26)19-22-16-14-21(15-17-22)13-12-20-9-5-4-6-10-20/h4-6,9-10,14-17H,2-3,7-8,11-13,18-19H2,1H3,(H,25,26). The zero-order chi connectivity index (χ0) is 21.1. The van der Waals surface area contributed by atoms with Gasteiger partial charge in [0.25, 0.3) is 0 Å². The Morgan fingerprint density at radius 1 is 0.828 bits per heavy atom. The van der Waals surface area contributed by atoms with Gasteiger partial charge in [0.15, 0.2) is 0 Å². The third-order valence-corrected chi connectivity index (χ3v) is 6.19. The van der Waals surface area contributed by atoms with Gasteiger partial charge in [0.05, 0.1) is 6.26 Å². The number of carboxylic acids is 1. The van der Waals surface area contributed by atoms with Gasteiger partial charge in [-0.15, -0.1) is 0 Å². The van der Waals surface area contributed by atoms with E-state index in [4.69, 9.17) is 5.11 Å². The lowest BCUT2D eigenvalue weighted by molar-refractivity contribution is -0.137. The molecule has 1 N–H and O–H groups in total. The normalized spacial score (nSPS) is 11.7. The van der Waals surface area contributed by atoms with Crippen molar-refractivity contribution in [2.45, 2.75) is 51.5 Å². The summed E-state index contributed by atoms with van der Waals surface area (Å²) in [4.78, 5) is 10.5. The number of carboxylic acid groups (broad SMARTS) is 1. The fourth-order valence-corrected chi connectivity index (χ4v) is 4.07. The highest BCUT2D eigenvalue weighted by Crippen LogP contribution is 2.14. The third-order valence-electron chi connectivity index (χ3n) is 4.94. The molecule has 5 nitrogen and oxygen atoms in total. The van der Waals surface area contributed by atoms with Gasteiger partial charge in [0.1, 0.15) is 0 Å². The van der Waals surface area contributed by atoms with Crippen LogP contribution in [-0.4, -0.2) is 36.6 Å². The van der Waals surface area contributed by atoms with E-state index >= 15 is 0 Å². The van der Waals surface area contributed by atoms with E-state index in [0.29, 0.717) is 19.5 Å². The van der Waals surface area contributed by atoms with Crippen LogP contribution in [0.5, 0.6) is 0 Å². The molecule has 0 atom stereocenters. The topological polar surface area (TPSA) is 74.7 Å². The number of benzene rings is 2. The van der Waals surface area contributed by atoms with E-state index in [1.807, 2.05) is 30.3 Å². The van der Waals surface area contributed by atoms with Crippen LogP contribution in [0.4, 0.5) is 0 Å². The van der Waals surface area contributed by atoms with Crippen molar-refractivity contribution in [1.29, 1.82) is 0 Å². The van der Waals surface area contributed by atoms with Gasteiger partial charge in [0, 0.05) is 19.5 Å². The molecule has 0 aliphatic carbocycles. The second-order valence-electron chi connectivity index (χ2n) is 7.46. The van der Waals surface area contributed by atoms with Crippen LogP contribution in [0.2, 0.25) is 0 Å². The van der Waals surface area contributed by atoms with Crippen LogP contribution in [0.1, 0.15) is 48.8 Å². The number of hydrogen-bond donors (Lipinski definition) is 1. The lowest BCUT2D eigenvalue weighted by Crippen LogP contribution is -2.30. The molecule has 0 amide bonds. The van der Waals surface area contributed by atoms with Gasteiger partial charge in [0.2, 0.25) is 10.0 Å². The predicted octanol–water partition coefficient (Wildman–Crippen LogP) is 4.27. The maximum atomic E-state index is 12.1. The van der Waals surface area contributed by atoms with Crippen LogP contribution >= 0.6 is 0 Å². The van der Waals surface area contributed by atoms with Crippen molar-refractivity contribution in [3.8, 4) is 0 Å². The fraction of sp³-hybridized carbons (Fsp3) is 0.435.